The normalized spacial score (nSPS) is 14.9. The van der Waals surface area contributed by atoms with Crippen molar-refractivity contribution in [2.24, 2.45) is 0 Å². The van der Waals surface area contributed by atoms with Crippen LogP contribution in [0.3, 0.4) is 0 Å². The third-order valence-electron chi connectivity index (χ3n) is 5.97. The van der Waals surface area contributed by atoms with Crippen LogP contribution >= 0.6 is 0 Å². The number of anilines is 1. The van der Waals surface area contributed by atoms with Crippen LogP contribution in [0.2, 0.25) is 0 Å². The van der Waals surface area contributed by atoms with Crippen molar-refractivity contribution in [3.63, 3.8) is 0 Å². The maximum Gasteiger partial charge on any atom is 0.218 e. The van der Waals surface area contributed by atoms with Gasteiger partial charge >= 0.3 is 0 Å². The molecule has 0 atom stereocenters. The molecule has 0 aliphatic carbocycles. The van der Waals surface area contributed by atoms with Crippen molar-refractivity contribution in [3.8, 4) is 17.4 Å². The van der Waals surface area contributed by atoms with Gasteiger partial charge in [-0.25, -0.2) is 23.4 Å². The van der Waals surface area contributed by atoms with E-state index in [2.05, 4.69) is 19.9 Å². The molecular formula is C24H25N5O4S. The van der Waals surface area contributed by atoms with Crippen LogP contribution in [0.15, 0.2) is 66.1 Å². The summed E-state index contributed by atoms with van der Waals surface area (Å²) in [6.45, 7) is 1.68. The molecule has 0 amide bonds. The fourth-order valence-corrected chi connectivity index (χ4v) is 4.79. The summed E-state index contributed by atoms with van der Waals surface area (Å²) in [6.07, 6.45) is 8.04. The predicted molar refractivity (Wildman–Crippen MR) is 129 cm³/mol. The highest BCUT2D eigenvalue weighted by Crippen LogP contribution is 2.26. The lowest BCUT2D eigenvalue weighted by molar-refractivity contribution is 0.163. The average Bonchev–Trinajstić information content (AvgIpc) is 3.28. The van der Waals surface area contributed by atoms with Gasteiger partial charge in [0.15, 0.2) is 9.84 Å². The minimum absolute atomic E-state index is 0.0518. The second kappa shape index (κ2) is 8.94. The number of benzene rings is 1. The molecule has 176 valence electrons. The lowest BCUT2D eigenvalue weighted by Gasteiger charge is -2.32. The predicted octanol–water partition coefficient (Wildman–Crippen LogP) is 3.28. The first-order valence-corrected chi connectivity index (χ1v) is 12.8. The monoisotopic (exact) mass is 479 g/mol. The fraction of sp³-hybridized carbons (Fsp3) is 0.292. The van der Waals surface area contributed by atoms with Gasteiger partial charge in [-0.15, -0.1) is 0 Å². The molecule has 0 N–H and O–H groups in total. The van der Waals surface area contributed by atoms with E-state index >= 15 is 0 Å². The lowest BCUT2D eigenvalue weighted by Crippen LogP contribution is -2.38. The van der Waals surface area contributed by atoms with Crippen molar-refractivity contribution in [2.45, 2.75) is 23.8 Å². The molecule has 1 aromatic carbocycles. The molecule has 0 radical (unpaired) electrons. The number of piperidine rings is 1. The van der Waals surface area contributed by atoms with Crippen molar-refractivity contribution in [3.05, 3.63) is 61.2 Å². The van der Waals surface area contributed by atoms with E-state index in [-0.39, 0.29) is 6.10 Å². The zero-order valence-corrected chi connectivity index (χ0v) is 19.8. The van der Waals surface area contributed by atoms with Crippen LogP contribution in [0.5, 0.6) is 11.6 Å². The first-order valence-electron chi connectivity index (χ1n) is 11.0. The van der Waals surface area contributed by atoms with Crippen LogP contribution in [-0.4, -0.2) is 60.5 Å². The molecule has 0 unspecified atom stereocenters. The third kappa shape index (κ3) is 4.54. The Labute approximate surface area is 197 Å². The number of hydrogen-bond donors (Lipinski definition) is 0. The SMILES string of the molecule is COc1ccc(N2CCC(Oc3cc(-n4ccc5cc(S(C)(=O)=O)ccc54)ncn3)CC2)nc1. The Morgan fingerprint density at radius 2 is 1.79 bits per heavy atom. The van der Waals surface area contributed by atoms with Crippen LogP contribution in [0, 0.1) is 0 Å². The number of ether oxygens (including phenoxy) is 2. The quantitative estimate of drug-likeness (QED) is 0.415. The Balaban J connectivity index is 1.28. The van der Waals surface area contributed by atoms with Crippen LogP contribution in [-0.2, 0) is 9.84 Å². The summed E-state index contributed by atoms with van der Waals surface area (Å²) in [5, 5.41) is 0.823. The standard InChI is InChI=1S/C24H25N5O4S/c1-32-19-3-6-22(25-15-19)28-10-8-18(9-11-28)33-24-14-23(26-16-27-24)29-12-7-17-13-20(34(2,30)31)4-5-21(17)29/h3-7,12-16,18H,8-11H2,1-2H3. The Bertz CT molecular complexity index is 1410. The molecule has 0 saturated carbocycles. The maximum atomic E-state index is 11.9. The maximum absolute atomic E-state index is 11.9. The highest BCUT2D eigenvalue weighted by Gasteiger charge is 2.22. The Kier molecular flexibility index (Phi) is 5.82. The largest absolute Gasteiger partial charge is 0.495 e. The van der Waals surface area contributed by atoms with Crippen LogP contribution in [0.1, 0.15) is 12.8 Å². The molecule has 0 spiro atoms. The smallest absolute Gasteiger partial charge is 0.218 e. The molecule has 1 fully saturated rings. The number of pyridine rings is 1. The second-order valence-electron chi connectivity index (χ2n) is 8.25. The van der Waals surface area contributed by atoms with Crippen molar-refractivity contribution in [1.82, 2.24) is 19.5 Å². The molecule has 10 heteroatoms. The van der Waals surface area contributed by atoms with E-state index < -0.39 is 9.84 Å². The summed E-state index contributed by atoms with van der Waals surface area (Å²) in [5.41, 5.74) is 0.859. The van der Waals surface area contributed by atoms with Crippen LogP contribution < -0.4 is 14.4 Å². The van der Waals surface area contributed by atoms with E-state index in [1.54, 1.807) is 37.6 Å². The Morgan fingerprint density at radius 1 is 0.971 bits per heavy atom. The van der Waals surface area contributed by atoms with Gasteiger partial charge < -0.3 is 18.9 Å². The van der Waals surface area contributed by atoms with Gasteiger partial charge in [-0.2, -0.15) is 0 Å². The van der Waals surface area contributed by atoms with Crippen molar-refractivity contribution in [1.29, 1.82) is 0 Å². The molecule has 3 aromatic heterocycles. The average molecular weight is 480 g/mol. The van der Waals surface area contributed by atoms with Gasteiger partial charge in [0.05, 0.1) is 23.7 Å². The van der Waals surface area contributed by atoms with Gasteiger partial charge in [-0.3, -0.25) is 0 Å². The number of hydrogen-bond acceptors (Lipinski definition) is 8. The molecule has 0 bridgehead atoms. The molecular weight excluding hydrogens is 454 g/mol. The number of aromatic nitrogens is 4. The molecule has 1 aliphatic rings. The highest BCUT2D eigenvalue weighted by atomic mass is 32.2. The highest BCUT2D eigenvalue weighted by molar-refractivity contribution is 7.90. The second-order valence-corrected chi connectivity index (χ2v) is 10.3. The van der Waals surface area contributed by atoms with Crippen molar-refractivity contribution in [2.75, 3.05) is 31.4 Å². The van der Waals surface area contributed by atoms with Crippen LogP contribution in [0.4, 0.5) is 5.82 Å². The number of rotatable bonds is 6. The summed E-state index contributed by atoms with van der Waals surface area (Å²) in [6, 6.07) is 12.6. The Hall–Kier alpha value is -3.66. The molecule has 9 nitrogen and oxygen atoms in total. The van der Waals surface area contributed by atoms with E-state index in [1.807, 2.05) is 29.0 Å². The van der Waals surface area contributed by atoms with Gasteiger partial charge in [-0.05, 0) is 36.4 Å². The third-order valence-corrected chi connectivity index (χ3v) is 7.08. The van der Waals surface area contributed by atoms with Gasteiger partial charge in [0.25, 0.3) is 0 Å². The van der Waals surface area contributed by atoms with Gasteiger partial charge in [0.1, 0.15) is 29.8 Å². The van der Waals surface area contributed by atoms with Gasteiger partial charge in [0, 0.05) is 49.8 Å². The molecule has 34 heavy (non-hydrogen) atoms. The zero-order valence-electron chi connectivity index (χ0n) is 19.0. The van der Waals surface area contributed by atoms with E-state index in [0.29, 0.717) is 16.6 Å². The van der Waals surface area contributed by atoms with E-state index in [9.17, 15) is 8.42 Å². The summed E-state index contributed by atoms with van der Waals surface area (Å²) in [5.74, 6) is 2.85. The molecule has 1 aliphatic heterocycles. The molecule has 4 heterocycles. The summed E-state index contributed by atoms with van der Waals surface area (Å²) in [4.78, 5) is 15.7. The Morgan fingerprint density at radius 3 is 2.50 bits per heavy atom. The van der Waals surface area contributed by atoms with Crippen molar-refractivity contribution < 1.29 is 17.9 Å². The van der Waals surface area contributed by atoms with Crippen molar-refractivity contribution >= 4 is 26.6 Å². The summed E-state index contributed by atoms with van der Waals surface area (Å²) >= 11 is 0. The van der Waals surface area contributed by atoms with Crippen LogP contribution in [0.25, 0.3) is 16.7 Å². The fourth-order valence-electron chi connectivity index (χ4n) is 4.13. The number of sulfone groups is 1. The minimum Gasteiger partial charge on any atom is -0.495 e. The zero-order chi connectivity index (χ0) is 23.7. The minimum atomic E-state index is -3.27. The molecule has 5 rings (SSSR count). The van der Waals surface area contributed by atoms with E-state index in [4.69, 9.17) is 9.47 Å². The van der Waals surface area contributed by atoms with Gasteiger partial charge in [-0.1, -0.05) is 0 Å². The molecule has 4 aromatic rings. The lowest BCUT2D eigenvalue weighted by atomic mass is 10.1. The number of nitrogens with zero attached hydrogens (tertiary/aromatic N) is 5. The molecule has 1 saturated heterocycles. The number of fused-ring (bicyclic) bond motifs is 1. The van der Waals surface area contributed by atoms with E-state index in [0.717, 1.165) is 48.4 Å². The summed E-state index contributed by atoms with van der Waals surface area (Å²) < 4.78 is 37.0. The van der Waals surface area contributed by atoms with E-state index in [1.165, 1.54) is 12.6 Å². The first-order chi connectivity index (χ1) is 16.4. The summed E-state index contributed by atoms with van der Waals surface area (Å²) in [7, 11) is -1.64. The first kappa shape index (κ1) is 22.1. The topological polar surface area (TPSA) is 99.4 Å². The number of methoxy groups -OCH3 is 1. The van der Waals surface area contributed by atoms with Gasteiger partial charge in [0.2, 0.25) is 5.88 Å².